The molecular formula is C18H20ClN3S. The first-order valence-corrected chi connectivity index (χ1v) is 9.28. The highest BCUT2D eigenvalue weighted by Gasteiger charge is 2.19. The van der Waals surface area contributed by atoms with Gasteiger partial charge in [0.15, 0.2) is 0 Å². The van der Waals surface area contributed by atoms with Gasteiger partial charge in [-0.05, 0) is 36.9 Å². The van der Waals surface area contributed by atoms with E-state index in [1.807, 2.05) is 0 Å². The third kappa shape index (κ3) is 2.91. The molecule has 3 nitrogen and oxygen atoms in total. The number of anilines is 1. The number of fused-ring (bicyclic) bond motifs is 2. The Morgan fingerprint density at radius 2 is 2.00 bits per heavy atom. The van der Waals surface area contributed by atoms with E-state index in [0.717, 1.165) is 43.3 Å². The van der Waals surface area contributed by atoms with Crippen LogP contribution in [0.3, 0.4) is 0 Å². The molecule has 0 unspecified atom stereocenters. The molecule has 2 aliphatic heterocycles. The topological polar surface area (TPSA) is 11.4 Å². The number of likely N-dealkylation sites (N-methyl/N-ethyl adjacent to an activating group) is 1. The fourth-order valence-electron chi connectivity index (χ4n) is 3.19. The number of halogens is 1. The molecule has 5 heteroatoms. The van der Waals surface area contributed by atoms with Crippen molar-refractivity contribution in [3.8, 4) is 0 Å². The maximum absolute atomic E-state index is 6.59. The molecule has 3 heterocycles. The van der Waals surface area contributed by atoms with Crippen molar-refractivity contribution in [2.45, 2.75) is 16.8 Å². The maximum Gasteiger partial charge on any atom is 0.0837 e. The number of hydrogen-bond acceptors (Lipinski definition) is 3. The first kappa shape index (κ1) is 15.2. The molecule has 0 bridgehead atoms. The predicted molar refractivity (Wildman–Crippen MR) is 99.6 cm³/mol. The van der Waals surface area contributed by atoms with Crippen molar-refractivity contribution >= 4 is 41.3 Å². The second-order valence-corrected chi connectivity index (χ2v) is 7.40. The number of benzene rings is 1. The van der Waals surface area contributed by atoms with Gasteiger partial charge in [-0.2, -0.15) is 0 Å². The molecule has 2 aromatic rings. The van der Waals surface area contributed by atoms with Gasteiger partial charge in [-0.3, -0.25) is 0 Å². The lowest BCUT2D eigenvalue weighted by Crippen LogP contribution is -2.46. The second kappa shape index (κ2) is 6.27. The van der Waals surface area contributed by atoms with Crippen LogP contribution < -0.4 is 4.90 Å². The lowest BCUT2D eigenvalue weighted by molar-refractivity contribution is 0.271. The Morgan fingerprint density at radius 3 is 2.78 bits per heavy atom. The Labute approximate surface area is 146 Å². The van der Waals surface area contributed by atoms with Crippen molar-refractivity contribution in [2.24, 2.45) is 0 Å². The lowest BCUT2D eigenvalue weighted by atomic mass is 10.1. The molecular weight excluding hydrogens is 326 g/mol. The van der Waals surface area contributed by atoms with Gasteiger partial charge < -0.3 is 14.4 Å². The van der Waals surface area contributed by atoms with Crippen LogP contribution in [-0.2, 0) is 0 Å². The van der Waals surface area contributed by atoms with Crippen LogP contribution in [0, 0.1) is 0 Å². The molecule has 120 valence electrons. The quantitative estimate of drug-likeness (QED) is 0.683. The van der Waals surface area contributed by atoms with Crippen LogP contribution in [0.1, 0.15) is 12.5 Å². The summed E-state index contributed by atoms with van der Waals surface area (Å²) in [6, 6.07) is 8.63. The van der Waals surface area contributed by atoms with Gasteiger partial charge in [-0.15, -0.1) is 0 Å². The van der Waals surface area contributed by atoms with Gasteiger partial charge in [0.1, 0.15) is 0 Å². The van der Waals surface area contributed by atoms with Crippen molar-refractivity contribution in [2.75, 3.05) is 37.6 Å². The number of rotatable bonds is 2. The molecule has 2 aliphatic rings. The zero-order valence-corrected chi connectivity index (χ0v) is 14.8. The highest BCUT2D eigenvalue weighted by molar-refractivity contribution is 7.99. The van der Waals surface area contributed by atoms with Gasteiger partial charge in [0.25, 0.3) is 0 Å². The van der Waals surface area contributed by atoms with E-state index in [9.17, 15) is 0 Å². The van der Waals surface area contributed by atoms with Gasteiger partial charge in [0, 0.05) is 54.7 Å². The number of piperazine rings is 1. The van der Waals surface area contributed by atoms with Crippen LogP contribution in [0.25, 0.3) is 12.3 Å². The van der Waals surface area contributed by atoms with Crippen LogP contribution in [0.15, 0.2) is 40.4 Å². The molecule has 1 aromatic heterocycles. The summed E-state index contributed by atoms with van der Waals surface area (Å²) in [5.41, 5.74) is 2.36. The van der Waals surface area contributed by atoms with Crippen LogP contribution in [0.5, 0.6) is 0 Å². The van der Waals surface area contributed by atoms with Crippen molar-refractivity contribution in [1.82, 2.24) is 9.47 Å². The summed E-state index contributed by atoms with van der Waals surface area (Å²) in [4.78, 5) is 6.18. The van der Waals surface area contributed by atoms with Crippen LogP contribution in [0.4, 0.5) is 5.69 Å². The lowest BCUT2D eigenvalue weighted by Gasteiger charge is -2.35. The van der Waals surface area contributed by atoms with E-state index in [-0.39, 0.29) is 0 Å². The van der Waals surface area contributed by atoms with Crippen LogP contribution in [0.2, 0.25) is 5.02 Å². The van der Waals surface area contributed by atoms with E-state index in [4.69, 9.17) is 11.6 Å². The minimum atomic E-state index is 0.838. The summed E-state index contributed by atoms with van der Waals surface area (Å²) in [5.74, 6) is 0. The molecule has 0 aliphatic carbocycles. The molecule has 0 radical (unpaired) electrons. The maximum atomic E-state index is 6.59. The Bertz CT molecular complexity index is 745. The average molecular weight is 346 g/mol. The monoisotopic (exact) mass is 345 g/mol. The van der Waals surface area contributed by atoms with Gasteiger partial charge in [0.05, 0.1) is 10.0 Å². The summed E-state index contributed by atoms with van der Waals surface area (Å²) >= 11 is 8.38. The number of nitrogens with zero attached hydrogens (tertiary/aromatic N) is 3. The highest BCUT2D eigenvalue weighted by atomic mass is 35.5. The Balaban J connectivity index is 1.65. The average Bonchev–Trinajstić information content (AvgIpc) is 2.93. The first-order valence-electron chi connectivity index (χ1n) is 8.08. The van der Waals surface area contributed by atoms with Gasteiger partial charge >= 0.3 is 0 Å². The van der Waals surface area contributed by atoms with Crippen LogP contribution >= 0.6 is 23.4 Å². The number of aromatic nitrogens is 1. The van der Waals surface area contributed by atoms with E-state index in [1.54, 1.807) is 11.8 Å². The van der Waals surface area contributed by atoms with Crippen LogP contribution in [-0.4, -0.2) is 42.2 Å². The summed E-state index contributed by atoms with van der Waals surface area (Å²) in [5, 5.41) is 2.06. The van der Waals surface area contributed by atoms with E-state index in [0.29, 0.717) is 0 Å². The van der Waals surface area contributed by atoms with E-state index >= 15 is 0 Å². The zero-order valence-electron chi connectivity index (χ0n) is 13.2. The second-order valence-electron chi connectivity index (χ2n) is 5.93. The third-order valence-corrected chi connectivity index (χ3v) is 6.04. The van der Waals surface area contributed by atoms with Gasteiger partial charge in [-0.25, -0.2) is 0 Å². The molecule has 1 aromatic carbocycles. The minimum Gasteiger partial charge on any atom is -0.369 e. The first-order chi connectivity index (χ1) is 11.2. The molecule has 0 atom stereocenters. The SMILES string of the molecule is CCN1CCN(c2cc(Cl)c3c(c2)Sc2cccn2C=C3)CC1. The molecule has 0 spiro atoms. The molecule has 0 N–H and O–H groups in total. The number of hydrogen-bond donors (Lipinski definition) is 0. The van der Waals surface area contributed by atoms with E-state index in [1.165, 1.54) is 15.6 Å². The zero-order chi connectivity index (χ0) is 15.8. The predicted octanol–water partition coefficient (Wildman–Crippen LogP) is 4.38. The summed E-state index contributed by atoms with van der Waals surface area (Å²) in [7, 11) is 0. The van der Waals surface area contributed by atoms with Crippen molar-refractivity contribution in [1.29, 1.82) is 0 Å². The Hall–Kier alpha value is -1.36. The highest BCUT2D eigenvalue weighted by Crippen LogP contribution is 2.40. The third-order valence-electron chi connectivity index (χ3n) is 4.62. The van der Waals surface area contributed by atoms with Gasteiger partial charge in [-0.1, -0.05) is 30.3 Å². The molecule has 0 amide bonds. The molecule has 1 saturated heterocycles. The fourth-order valence-corrected chi connectivity index (χ4v) is 4.58. The Kier molecular flexibility index (Phi) is 4.14. The standard InChI is InChI=1S/C18H20ClN3S/c1-2-20-8-10-21(11-9-20)14-12-16(19)15-5-7-22-6-3-4-18(22)23-17(15)13-14/h3-7,12-13H,2,8-11H2,1H3. The normalized spacial score (nSPS) is 17.7. The molecule has 1 fully saturated rings. The van der Waals surface area contributed by atoms with Crippen molar-refractivity contribution in [3.63, 3.8) is 0 Å². The van der Waals surface area contributed by atoms with Crippen molar-refractivity contribution in [3.05, 3.63) is 41.0 Å². The van der Waals surface area contributed by atoms with E-state index < -0.39 is 0 Å². The Morgan fingerprint density at radius 1 is 1.17 bits per heavy atom. The summed E-state index contributed by atoms with van der Waals surface area (Å²) in [6.07, 6.45) is 6.27. The molecule has 4 rings (SSSR count). The largest absolute Gasteiger partial charge is 0.369 e. The minimum absolute atomic E-state index is 0.838. The smallest absolute Gasteiger partial charge is 0.0837 e. The van der Waals surface area contributed by atoms with E-state index in [2.05, 4.69) is 64.0 Å². The molecule has 0 saturated carbocycles. The molecule has 23 heavy (non-hydrogen) atoms. The summed E-state index contributed by atoms with van der Waals surface area (Å²) < 4.78 is 2.14. The van der Waals surface area contributed by atoms with Gasteiger partial charge in [0.2, 0.25) is 0 Å². The fraction of sp³-hybridized carbons (Fsp3) is 0.333. The summed E-state index contributed by atoms with van der Waals surface area (Å²) in [6.45, 7) is 7.76. The van der Waals surface area contributed by atoms with Crippen molar-refractivity contribution < 1.29 is 0 Å².